The van der Waals surface area contributed by atoms with E-state index in [4.69, 9.17) is 8.92 Å². The summed E-state index contributed by atoms with van der Waals surface area (Å²) >= 11 is 0. The van der Waals surface area contributed by atoms with Gasteiger partial charge < -0.3 is 14.2 Å². The van der Waals surface area contributed by atoms with Gasteiger partial charge in [0.1, 0.15) is 16.2 Å². The summed E-state index contributed by atoms with van der Waals surface area (Å²) in [5, 5.41) is 3.32. The lowest BCUT2D eigenvalue weighted by Crippen LogP contribution is -2.33. The van der Waals surface area contributed by atoms with Gasteiger partial charge >= 0.3 is 16.1 Å². The number of hydrogen-bond donors (Lipinski definition) is 1. The molecule has 0 heterocycles. The Balaban J connectivity index is 1.74. The first-order valence-corrected chi connectivity index (χ1v) is 12.5. The van der Waals surface area contributed by atoms with Crippen LogP contribution < -0.4 is 9.50 Å². The Labute approximate surface area is 202 Å². The van der Waals surface area contributed by atoms with Gasteiger partial charge in [-0.25, -0.2) is 0 Å². The van der Waals surface area contributed by atoms with E-state index in [1.165, 1.54) is 12.1 Å². The smallest absolute Gasteiger partial charge is 0.339 e. The Morgan fingerprint density at radius 3 is 2.12 bits per heavy atom. The van der Waals surface area contributed by atoms with Crippen molar-refractivity contribution in [3.05, 3.63) is 95.6 Å². The van der Waals surface area contributed by atoms with Gasteiger partial charge in [0, 0.05) is 13.1 Å². The Morgan fingerprint density at radius 1 is 0.912 bits per heavy atom. The fourth-order valence-electron chi connectivity index (χ4n) is 3.30. The second kappa shape index (κ2) is 10.8. The quantitative estimate of drug-likeness (QED) is 0.343. The zero-order valence-electron chi connectivity index (χ0n) is 19.9. The van der Waals surface area contributed by atoms with Gasteiger partial charge in [-0.3, -0.25) is 4.79 Å². The molecule has 3 aromatic carbocycles. The lowest BCUT2D eigenvalue weighted by molar-refractivity contribution is -0.156. The number of carbonyl (C=O) groups is 1. The molecule has 0 bridgehead atoms. The second-order valence-corrected chi connectivity index (χ2v) is 10.7. The third kappa shape index (κ3) is 7.43. The van der Waals surface area contributed by atoms with Gasteiger partial charge in [0.05, 0.1) is 5.92 Å². The van der Waals surface area contributed by atoms with Crippen LogP contribution in [0.25, 0.3) is 0 Å². The Hall–Kier alpha value is -3.16. The van der Waals surface area contributed by atoms with Gasteiger partial charge in [-0.05, 0) is 63.1 Å². The van der Waals surface area contributed by atoms with E-state index in [1.54, 1.807) is 36.4 Å². The molecule has 1 unspecified atom stereocenters. The second-order valence-electron chi connectivity index (χ2n) is 9.12. The van der Waals surface area contributed by atoms with Crippen molar-refractivity contribution < 1.29 is 22.1 Å². The van der Waals surface area contributed by atoms with E-state index in [0.717, 1.165) is 11.1 Å². The zero-order valence-corrected chi connectivity index (χ0v) is 20.8. The minimum atomic E-state index is -3.95. The molecule has 3 rings (SSSR count). The van der Waals surface area contributed by atoms with E-state index in [2.05, 4.69) is 5.32 Å². The van der Waals surface area contributed by atoms with Crippen LogP contribution in [0.1, 0.15) is 43.4 Å². The topological polar surface area (TPSA) is 81.7 Å². The van der Waals surface area contributed by atoms with Crippen molar-refractivity contribution in [2.75, 3.05) is 6.54 Å². The highest BCUT2D eigenvalue weighted by Gasteiger charge is 2.27. The summed E-state index contributed by atoms with van der Waals surface area (Å²) in [6, 6.07) is 22.8. The minimum absolute atomic E-state index is 0.0823. The molecule has 180 valence electrons. The molecule has 0 aliphatic carbocycles. The average molecular weight is 482 g/mol. The van der Waals surface area contributed by atoms with Crippen LogP contribution in [-0.2, 0) is 26.2 Å². The van der Waals surface area contributed by atoms with Gasteiger partial charge in [-0.2, -0.15) is 8.42 Å². The molecule has 0 aliphatic rings. The maximum absolute atomic E-state index is 12.9. The van der Waals surface area contributed by atoms with Crippen molar-refractivity contribution in [1.29, 1.82) is 0 Å². The molecule has 0 saturated heterocycles. The largest absolute Gasteiger partial charge is 0.459 e. The SMILES string of the molecule is Cc1ccc(S(=O)(=O)Oc2ccc(C(CNCc3ccccc3)C(=O)OC(C)(C)C)cc2)cc1. The Morgan fingerprint density at radius 2 is 1.53 bits per heavy atom. The van der Waals surface area contributed by atoms with E-state index >= 15 is 0 Å². The maximum Gasteiger partial charge on any atom is 0.339 e. The molecule has 1 N–H and O–H groups in total. The summed E-state index contributed by atoms with van der Waals surface area (Å²) in [6.45, 7) is 8.33. The monoisotopic (exact) mass is 481 g/mol. The van der Waals surface area contributed by atoms with Gasteiger partial charge in [0.25, 0.3) is 0 Å². The van der Waals surface area contributed by atoms with Gasteiger partial charge in [0.15, 0.2) is 0 Å². The Kier molecular flexibility index (Phi) is 8.12. The third-order valence-corrected chi connectivity index (χ3v) is 6.27. The number of benzene rings is 3. The fourth-order valence-corrected chi connectivity index (χ4v) is 4.23. The molecule has 7 heteroatoms. The molecule has 1 atom stereocenters. The maximum atomic E-state index is 12.9. The average Bonchev–Trinajstić information content (AvgIpc) is 2.77. The van der Waals surface area contributed by atoms with Crippen LogP contribution in [0.5, 0.6) is 5.75 Å². The Bertz CT molecular complexity index is 1180. The molecule has 0 aliphatic heterocycles. The lowest BCUT2D eigenvalue weighted by atomic mass is 9.98. The van der Waals surface area contributed by atoms with Crippen LogP contribution in [0.2, 0.25) is 0 Å². The van der Waals surface area contributed by atoms with Crippen LogP contribution in [0, 0.1) is 6.92 Å². The highest BCUT2D eigenvalue weighted by atomic mass is 32.2. The van der Waals surface area contributed by atoms with E-state index in [1.807, 2.05) is 58.0 Å². The van der Waals surface area contributed by atoms with Crippen LogP contribution in [-0.4, -0.2) is 26.5 Å². The van der Waals surface area contributed by atoms with Gasteiger partial charge in [-0.15, -0.1) is 0 Å². The summed E-state index contributed by atoms with van der Waals surface area (Å²) in [4.78, 5) is 13.0. The molecule has 0 spiro atoms. The number of hydrogen-bond acceptors (Lipinski definition) is 6. The molecule has 34 heavy (non-hydrogen) atoms. The number of nitrogens with one attached hydrogen (secondary N) is 1. The number of carbonyl (C=O) groups excluding carboxylic acids is 1. The predicted octanol–water partition coefficient (Wildman–Crippen LogP) is 4.98. The summed E-state index contributed by atoms with van der Waals surface area (Å²) < 4.78 is 36.0. The minimum Gasteiger partial charge on any atom is -0.459 e. The van der Waals surface area contributed by atoms with Crippen molar-refractivity contribution in [2.24, 2.45) is 0 Å². The van der Waals surface area contributed by atoms with Crippen LogP contribution in [0.3, 0.4) is 0 Å². The molecule has 0 amide bonds. The highest BCUT2D eigenvalue weighted by Crippen LogP contribution is 2.25. The number of rotatable bonds is 9. The first-order valence-electron chi connectivity index (χ1n) is 11.1. The number of aryl methyl sites for hydroxylation is 1. The molecule has 0 saturated carbocycles. The molecule has 0 radical (unpaired) electrons. The molecular weight excluding hydrogens is 450 g/mol. The molecule has 6 nitrogen and oxygen atoms in total. The van der Waals surface area contributed by atoms with Crippen LogP contribution in [0.15, 0.2) is 83.8 Å². The fraction of sp³-hybridized carbons (Fsp3) is 0.296. The third-order valence-electron chi connectivity index (χ3n) is 5.01. The number of ether oxygens (including phenoxy) is 1. The van der Waals surface area contributed by atoms with Gasteiger partial charge in [-0.1, -0.05) is 60.2 Å². The first kappa shape index (κ1) is 25.5. The number of esters is 1. The van der Waals surface area contributed by atoms with Crippen molar-refractivity contribution in [3.63, 3.8) is 0 Å². The van der Waals surface area contributed by atoms with Crippen molar-refractivity contribution in [2.45, 2.75) is 50.7 Å². The standard InChI is InChI=1S/C27H31NO5S/c1-20-10-16-24(17-11-20)34(30,31)33-23-14-12-22(13-15-23)25(26(29)32-27(2,3)4)19-28-18-21-8-6-5-7-9-21/h5-17,25,28H,18-19H2,1-4H3. The highest BCUT2D eigenvalue weighted by molar-refractivity contribution is 7.87. The normalized spacial score (nSPS) is 12.7. The van der Waals surface area contributed by atoms with E-state index < -0.39 is 21.6 Å². The summed E-state index contributed by atoms with van der Waals surface area (Å²) in [5.41, 5.74) is 2.14. The molecule has 0 aromatic heterocycles. The van der Waals surface area contributed by atoms with E-state index in [0.29, 0.717) is 18.7 Å². The molecular formula is C27H31NO5S. The lowest BCUT2D eigenvalue weighted by Gasteiger charge is -2.24. The molecule has 3 aromatic rings. The summed E-state index contributed by atoms with van der Waals surface area (Å²) in [7, 11) is -3.95. The van der Waals surface area contributed by atoms with Crippen molar-refractivity contribution >= 4 is 16.1 Å². The summed E-state index contributed by atoms with van der Waals surface area (Å²) in [5.74, 6) is -0.746. The van der Waals surface area contributed by atoms with Gasteiger partial charge in [0.2, 0.25) is 0 Å². The predicted molar refractivity (Wildman–Crippen MR) is 132 cm³/mol. The van der Waals surface area contributed by atoms with E-state index in [-0.39, 0.29) is 16.6 Å². The first-order chi connectivity index (χ1) is 16.0. The van der Waals surface area contributed by atoms with Crippen molar-refractivity contribution in [3.8, 4) is 5.75 Å². The van der Waals surface area contributed by atoms with E-state index in [9.17, 15) is 13.2 Å². The van der Waals surface area contributed by atoms with Crippen molar-refractivity contribution in [1.82, 2.24) is 5.32 Å². The molecule has 0 fully saturated rings. The van der Waals surface area contributed by atoms with Crippen LogP contribution in [0.4, 0.5) is 0 Å². The summed E-state index contributed by atoms with van der Waals surface area (Å²) in [6.07, 6.45) is 0. The van der Waals surface area contributed by atoms with Crippen LogP contribution >= 0.6 is 0 Å². The zero-order chi connectivity index (χ0) is 24.8.